The summed E-state index contributed by atoms with van der Waals surface area (Å²) in [5.74, 6) is 0. The van der Waals surface area contributed by atoms with Crippen molar-refractivity contribution in [3.05, 3.63) is 131 Å². The average Bonchev–Trinajstić information content (AvgIpc) is 2.96. The predicted octanol–water partition coefficient (Wildman–Crippen LogP) is 8.43. The van der Waals surface area contributed by atoms with Crippen molar-refractivity contribution in [2.75, 3.05) is 4.90 Å². The standard InChI is InChI=1S/C39H32BN/c1-23-20-26(4)37(27(5)21-23)40-32-14-6-7-15-34(32)41(38-24(2)10-8-11-25(38)3)39-31-19-18-29-13-9-12-28-16-17-30(22-33(39)40)36(31)35(28)29/h6-22H,1-5H3. The highest BCUT2D eigenvalue weighted by atomic mass is 15.2. The molecule has 0 saturated carbocycles. The molecule has 196 valence electrons. The van der Waals surface area contributed by atoms with Gasteiger partial charge in [0.15, 0.2) is 0 Å². The number of anilines is 3. The first-order chi connectivity index (χ1) is 19.9. The van der Waals surface area contributed by atoms with E-state index >= 15 is 0 Å². The van der Waals surface area contributed by atoms with Gasteiger partial charge in [-0.05, 0) is 89.7 Å². The van der Waals surface area contributed by atoms with Crippen LogP contribution in [0.1, 0.15) is 27.8 Å². The Morgan fingerprint density at radius 2 is 1.12 bits per heavy atom. The first-order valence-corrected chi connectivity index (χ1v) is 14.7. The van der Waals surface area contributed by atoms with E-state index in [0.29, 0.717) is 0 Å². The molecule has 0 amide bonds. The second-order valence-corrected chi connectivity index (χ2v) is 12.1. The minimum Gasteiger partial charge on any atom is -0.310 e. The largest absolute Gasteiger partial charge is 0.310 e. The minimum atomic E-state index is 0.143. The quantitative estimate of drug-likeness (QED) is 0.162. The molecule has 0 bridgehead atoms. The van der Waals surface area contributed by atoms with Gasteiger partial charge in [0, 0.05) is 16.8 Å². The zero-order valence-electron chi connectivity index (χ0n) is 24.3. The third-order valence-electron chi connectivity index (χ3n) is 9.36. The summed E-state index contributed by atoms with van der Waals surface area (Å²) >= 11 is 0. The topological polar surface area (TPSA) is 3.24 Å². The summed E-state index contributed by atoms with van der Waals surface area (Å²) in [6.45, 7) is 11.4. The van der Waals surface area contributed by atoms with E-state index in [1.165, 1.54) is 93.6 Å². The monoisotopic (exact) mass is 525 g/mol. The van der Waals surface area contributed by atoms with E-state index in [1.807, 2.05) is 0 Å². The number of para-hydroxylation sites is 2. The van der Waals surface area contributed by atoms with Crippen molar-refractivity contribution in [2.45, 2.75) is 34.6 Å². The van der Waals surface area contributed by atoms with Gasteiger partial charge in [0.2, 0.25) is 6.71 Å². The van der Waals surface area contributed by atoms with Crippen LogP contribution in [0.25, 0.3) is 32.3 Å². The summed E-state index contributed by atoms with van der Waals surface area (Å²) in [4.78, 5) is 2.58. The minimum absolute atomic E-state index is 0.143. The van der Waals surface area contributed by atoms with Crippen molar-refractivity contribution in [1.29, 1.82) is 0 Å². The SMILES string of the molecule is Cc1cc(C)c(B2c3ccccc3N(c3c(C)cccc3C)c3c2cc2ccc4cccc5ccc3c2c45)c(C)c1. The number of fused-ring (bicyclic) bond motifs is 3. The van der Waals surface area contributed by atoms with E-state index in [2.05, 4.69) is 143 Å². The lowest BCUT2D eigenvalue weighted by molar-refractivity contribution is 1.23. The summed E-state index contributed by atoms with van der Waals surface area (Å²) in [5, 5.41) is 7.98. The van der Waals surface area contributed by atoms with Crippen LogP contribution in [0.4, 0.5) is 17.1 Å². The van der Waals surface area contributed by atoms with Gasteiger partial charge in [-0.3, -0.25) is 0 Å². The zero-order valence-corrected chi connectivity index (χ0v) is 24.3. The average molecular weight is 526 g/mol. The lowest BCUT2D eigenvalue weighted by Crippen LogP contribution is -2.58. The molecule has 1 aliphatic rings. The lowest BCUT2D eigenvalue weighted by atomic mass is 9.33. The van der Waals surface area contributed by atoms with E-state index in [4.69, 9.17) is 0 Å². The van der Waals surface area contributed by atoms with Gasteiger partial charge in [-0.15, -0.1) is 0 Å². The molecular weight excluding hydrogens is 493 g/mol. The zero-order chi connectivity index (χ0) is 28.0. The van der Waals surface area contributed by atoms with E-state index in [0.717, 1.165) is 0 Å². The fraction of sp³-hybridized carbons (Fsp3) is 0.128. The molecule has 0 N–H and O–H groups in total. The summed E-state index contributed by atoms with van der Waals surface area (Å²) < 4.78 is 0. The van der Waals surface area contributed by atoms with Gasteiger partial charge in [0.05, 0.1) is 5.69 Å². The summed E-state index contributed by atoms with van der Waals surface area (Å²) in [6.07, 6.45) is 0. The molecule has 41 heavy (non-hydrogen) atoms. The van der Waals surface area contributed by atoms with Gasteiger partial charge in [-0.25, -0.2) is 0 Å². The van der Waals surface area contributed by atoms with Gasteiger partial charge in [0.1, 0.15) is 0 Å². The van der Waals surface area contributed by atoms with Crippen LogP contribution >= 0.6 is 0 Å². The number of hydrogen-bond acceptors (Lipinski definition) is 1. The second kappa shape index (κ2) is 8.72. The molecular formula is C39H32BN. The maximum Gasteiger partial charge on any atom is 0.247 e. The summed E-state index contributed by atoms with van der Waals surface area (Å²) in [7, 11) is 0. The molecule has 0 spiro atoms. The van der Waals surface area contributed by atoms with Gasteiger partial charge in [-0.1, -0.05) is 119 Å². The van der Waals surface area contributed by atoms with Crippen molar-refractivity contribution in [3.8, 4) is 0 Å². The van der Waals surface area contributed by atoms with Gasteiger partial charge in [0.25, 0.3) is 0 Å². The lowest BCUT2D eigenvalue weighted by Gasteiger charge is -2.40. The van der Waals surface area contributed by atoms with Crippen LogP contribution in [-0.2, 0) is 0 Å². The van der Waals surface area contributed by atoms with Gasteiger partial charge < -0.3 is 4.90 Å². The molecule has 7 aromatic carbocycles. The molecule has 7 aromatic rings. The number of aryl methyl sites for hydroxylation is 5. The Hall–Kier alpha value is -4.56. The van der Waals surface area contributed by atoms with Crippen molar-refractivity contribution in [1.82, 2.24) is 0 Å². The molecule has 8 rings (SSSR count). The van der Waals surface area contributed by atoms with E-state index in [9.17, 15) is 0 Å². The first-order valence-electron chi connectivity index (χ1n) is 14.7. The molecule has 0 aromatic heterocycles. The van der Waals surface area contributed by atoms with Crippen LogP contribution in [0, 0.1) is 34.6 Å². The van der Waals surface area contributed by atoms with Crippen LogP contribution < -0.4 is 21.3 Å². The van der Waals surface area contributed by atoms with Gasteiger partial charge in [-0.2, -0.15) is 0 Å². The molecule has 0 aliphatic carbocycles. The number of hydrogen-bond donors (Lipinski definition) is 0. The third kappa shape index (κ3) is 3.37. The van der Waals surface area contributed by atoms with Crippen LogP contribution in [0.2, 0.25) is 0 Å². The molecule has 0 radical (unpaired) electrons. The Bertz CT molecular complexity index is 2110. The van der Waals surface area contributed by atoms with Crippen molar-refractivity contribution >= 4 is 72.5 Å². The fourth-order valence-electron chi connectivity index (χ4n) is 7.86. The smallest absolute Gasteiger partial charge is 0.247 e. The second-order valence-electron chi connectivity index (χ2n) is 12.1. The van der Waals surface area contributed by atoms with Crippen LogP contribution in [0.15, 0.2) is 103 Å². The predicted molar refractivity (Wildman–Crippen MR) is 180 cm³/mol. The van der Waals surface area contributed by atoms with Crippen LogP contribution in [-0.4, -0.2) is 6.71 Å². The first kappa shape index (κ1) is 24.3. The van der Waals surface area contributed by atoms with E-state index in [1.54, 1.807) is 0 Å². The molecule has 1 aliphatic heterocycles. The highest BCUT2D eigenvalue weighted by Gasteiger charge is 2.38. The van der Waals surface area contributed by atoms with Crippen molar-refractivity contribution < 1.29 is 0 Å². The Labute approximate surface area is 242 Å². The number of rotatable bonds is 2. The maximum absolute atomic E-state index is 2.58. The molecule has 0 unspecified atom stereocenters. The van der Waals surface area contributed by atoms with E-state index in [-0.39, 0.29) is 6.71 Å². The summed E-state index contributed by atoms with van der Waals surface area (Å²) in [6, 6.07) is 39.0. The summed E-state index contributed by atoms with van der Waals surface area (Å²) in [5.41, 5.74) is 14.7. The normalized spacial score (nSPS) is 12.9. The molecule has 2 heteroatoms. The molecule has 0 saturated heterocycles. The highest BCUT2D eigenvalue weighted by molar-refractivity contribution is 6.98. The van der Waals surface area contributed by atoms with Crippen LogP contribution in [0.3, 0.4) is 0 Å². The third-order valence-corrected chi connectivity index (χ3v) is 9.36. The molecule has 0 atom stereocenters. The maximum atomic E-state index is 2.58. The van der Waals surface area contributed by atoms with Crippen LogP contribution in [0.5, 0.6) is 0 Å². The molecule has 1 nitrogen and oxygen atoms in total. The Morgan fingerprint density at radius 3 is 1.85 bits per heavy atom. The Morgan fingerprint density at radius 1 is 0.488 bits per heavy atom. The Kier molecular flexibility index (Phi) is 5.16. The van der Waals surface area contributed by atoms with Crippen molar-refractivity contribution in [2.24, 2.45) is 0 Å². The number of nitrogens with zero attached hydrogens (tertiary/aromatic N) is 1. The Balaban J connectivity index is 1.59. The van der Waals surface area contributed by atoms with Gasteiger partial charge >= 0.3 is 0 Å². The van der Waals surface area contributed by atoms with Crippen molar-refractivity contribution in [3.63, 3.8) is 0 Å². The number of benzene rings is 7. The molecule has 1 heterocycles. The fourth-order valence-corrected chi connectivity index (χ4v) is 7.86. The van der Waals surface area contributed by atoms with E-state index < -0.39 is 0 Å². The highest BCUT2D eigenvalue weighted by Crippen LogP contribution is 2.46. The molecule has 0 fully saturated rings.